The van der Waals surface area contributed by atoms with E-state index >= 15 is 0 Å². The van der Waals surface area contributed by atoms with Gasteiger partial charge in [-0.25, -0.2) is 38.6 Å². The van der Waals surface area contributed by atoms with Crippen LogP contribution in [0.3, 0.4) is 0 Å². The Bertz CT molecular complexity index is 5390. The number of fused-ring (bicyclic) bond motifs is 5. The van der Waals surface area contributed by atoms with Gasteiger partial charge < -0.3 is 104 Å². The number of aliphatic hydroxyl groups is 6. The van der Waals surface area contributed by atoms with Gasteiger partial charge in [0.15, 0.2) is 40.6 Å². The van der Waals surface area contributed by atoms with Gasteiger partial charge in [0.2, 0.25) is 0 Å². The first kappa shape index (κ1) is 92.5. The fourth-order valence-corrected chi connectivity index (χ4v) is 17.2. The number of ether oxygens (including phenoxy) is 12. The number of halogens is 2. The van der Waals surface area contributed by atoms with E-state index in [2.05, 4.69) is 84.9 Å². The molecular formula is C76H97ClIN16NaO23. The zero-order chi connectivity index (χ0) is 84.8. The molecule has 17 rings (SSSR count). The second kappa shape index (κ2) is 35.0. The standard InChI is InChI=1S/C20H26N4O6.C19H22N4O5.C16H18N4O5.C15H19IN4O4.C5H8O2.CH3O.ClH.Na/c1-10(18(26)27-5)6-11-7-12(24-14(11)17(21)22-9-23-24)15-20(4)16(13(8-25)28-15)29-19(2,3)30-20;1-9-5-10-6-11(23-13(10)16(20-8-21-23)22-17(9)25)14-19(4)15(12(7-24)26-14)27-18(2,3)28-19;1-7-3-8-4-9(13-16(2,24)12(22)10(5-21)25-13)20-11(8)14(17-6-18-20)19-15(7)23;1-14(2)23-12-9(5-21)22-11(15(12,3)24-14)8-4-7(16)10-13(17)18-6-19-20(8)10;1-4(2)5(6)7-3;1-2;;/h6-7,9,13,15-16,25H,8H2,1-5H3,(H2,21,22,23);5-6,8,12,14-15,24H,7H2,1-4H3,(H,20,21,22,25);3-4,6,10,12-13,21-22,24H,5H2,1-2H3,(H,17,18,19,23);4,6,9,11-12,21H,5H2,1-3H3,(H2,17,18,19);1H2,2-3H3;1H3;1H;/q;;;;;-1;;+1/b10-6+;;;;;;;/t13-,15+,16-,20+;12-,14+,15-,19+;10-,12-,13+,16-;9-,11+,12-,15+;;;;/m1111..../s1. The maximum Gasteiger partial charge on any atom is 1.00 e. The Morgan fingerprint density at radius 3 is 1.34 bits per heavy atom. The van der Waals surface area contributed by atoms with Crippen molar-refractivity contribution < 1.29 is 132 Å². The fraction of sp³-hybridized carbons (Fsp3) is 0.526. The SMILES string of the molecule is C=C(C)C(=O)OC.CC1(C)O[C@@H]2[C@@H](CO)O[C@@H](c3cc(I)c4c(N)ncnn34)[C@]2(C)O1.COC(=O)/C(C)=C/c1cc([C@@H]2O[C@H](CO)[C@H]3OC(C)(C)O[C@]32C)n2ncnc(N)c12.C[O-].Cc1cc2cc([C@@H]3O[C@H](CO)[C@@H](O)[C@@]3(C)O)n3c2c(nc1=O)N=CN3.Cc1cc2cc([C@@H]3O[C@H](CO)[C@H]4OC(C)(C)O[C@]43C)n3c2c(nc1=O)N=CN3.Cl.[Na+]. The molecule has 0 unspecified atom stereocenters. The van der Waals surface area contributed by atoms with Gasteiger partial charge in [-0.3, -0.25) is 29.8 Å². The Hall–Kier alpha value is -7.74. The molecule has 16 atom stereocenters. The van der Waals surface area contributed by atoms with Gasteiger partial charge in [0.25, 0.3) is 11.1 Å². The summed E-state index contributed by atoms with van der Waals surface area (Å²) in [6.07, 6.45) is -0.0963. The second-order valence-corrected chi connectivity index (χ2v) is 32.1. The molecule has 0 bridgehead atoms. The van der Waals surface area contributed by atoms with Crippen molar-refractivity contribution in [3.63, 3.8) is 0 Å². The molecule has 118 heavy (non-hydrogen) atoms. The van der Waals surface area contributed by atoms with Gasteiger partial charge in [-0.15, -0.1) is 12.4 Å². The molecule has 9 aliphatic rings. The minimum Gasteiger partial charge on any atom is -0.857 e. The van der Waals surface area contributed by atoms with Crippen molar-refractivity contribution in [2.45, 2.75) is 210 Å². The summed E-state index contributed by atoms with van der Waals surface area (Å²) in [5, 5.41) is 78.2. The minimum atomic E-state index is -1.61. The third-order valence-corrected chi connectivity index (χ3v) is 22.0. The smallest absolute Gasteiger partial charge is 0.857 e. The summed E-state index contributed by atoms with van der Waals surface area (Å²) < 4.78 is 77.7. The number of aromatic nitrogens is 10. The quantitative estimate of drug-likeness (QED) is 0.0362. The third kappa shape index (κ3) is 16.7. The Labute approximate surface area is 717 Å². The number of rotatable bonds is 11. The first-order valence-corrected chi connectivity index (χ1v) is 37.8. The number of hydrogen-bond donors (Lipinski definition) is 10. The van der Waals surface area contributed by atoms with Crippen LogP contribution in [0.4, 0.5) is 23.3 Å². The minimum absolute atomic E-state index is 0. The zero-order valence-corrected chi connectivity index (χ0v) is 73.2. The van der Waals surface area contributed by atoms with Crippen molar-refractivity contribution in [3.8, 4) is 0 Å². The van der Waals surface area contributed by atoms with Crippen molar-refractivity contribution in [2.24, 2.45) is 9.98 Å². The number of nitrogens with zero attached hydrogens (tertiary/aromatic N) is 12. The van der Waals surface area contributed by atoms with Gasteiger partial charge in [0.05, 0.1) is 63.4 Å². The molecule has 0 radical (unpaired) electrons. The van der Waals surface area contributed by atoms with Crippen LogP contribution < -0.4 is 68.1 Å². The number of nitrogens with two attached hydrogens (primary N) is 2. The van der Waals surface area contributed by atoms with Gasteiger partial charge in [-0.1, -0.05) is 6.58 Å². The Balaban J connectivity index is 0.000000160. The van der Waals surface area contributed by atoms with Crippen LogP contribution in [0.25, 0.3) is 38.9 Å². The number of aryl methyl sites for hydroxylation is 2. The molecule has 42 heteroatoms. The van der Waals surface area contributed by atoms with E-state index in [1.165, 1.54) is 46.5 Å². The van der Waals surface area contributed by atoms with Gasteiger partial charge in [-0.2, -0.15) is 27.3 Å². The van der Waals surface area contributed by atoms with Crippen LogP contribution in [0.2, 0.25) is 0 Å². The molecule has 0 saturated carbocycles. The number of methoxy groups -OCH3 is 2. The predicted octanol–water partition coefficient (Wildman–Crippen LogP) is 0.357. The van der Waals surface area contributed by atoms with Crippen LogP contribution in [0.15, 0.2) is 86.4 Å². The Kier molecular flexibility index (Phi) is 27.5. The van der Waals surface area contributed by atoms with Crippen LogP contribution in [-0.4, -0.2) is 240 Å². The van der Waals surface area contributed by atoms with Crippen LogP contribution in [0.5, 0.6) is 0 Å². The average molecular weight is 1790 g/mol. The number of carbonyl (C=O) groups excluding carboxylic acids is 2. The van der Waals surface area contributed by atoms with E-state index in [-0.39, 0.29) is 96.6 Å². The summed E-state index contributed by atoms with van der Waals surface area (Å²) in [4.78, 5) is 70.8. The third-order valence-electron chi connectivity index (χ3n) is 21.2. The number of anilines is 2. The molecule has 39 nitrogen and oxygen atoms in total. The molecule has 634 valence electrons. The van der Waals surface area contributed by atoms with Gasteiger partial charge in [-0.05, 0) is 162 Å². The van der Waals surface area contributed by atoms with E-state index in [9.17, 15) is 49.8 Å². The topological polar surface area (TPSA) is 520 Å². The largest absolute Gasteiger partial charge is 1.00 e. The molecule has 7 saturated heterocycles. The second-order valence-electron chi connectivity index (χ2n) is 31.0. The van der Waals surface area contributed by atoms with E-state index < -0.39 is 119 Å². The molecule has 17 heterocycles. The van der Waals surface area contributed by atoms with Crippen molar-refractivity contribution in [2.75, 3.05) is 70.1 Å². The molecule has 0 aliphatic carbocycles. The monoisotopic (exact) mass is 1790 g/mol. The fourth-order valence-electron chi connectivity index (χ4n) is 16.4. The summed E-state index contributed by atoms with van der Waals surface area (Å²) in [5.74, 6) is -1.90. The first-order chi connectivity index (χ1) is 54.6. The van der Waals surface area contributed by atoms with E-state index in [0.29, 0.717) is 72.8 Å². The number of aliphatic imine (C=N–C) groups is 2. The molecule has 0 spiro atoms. The van der Waals surface area contributed by atoms with Gasteiger partial charge in [0, 0.05) is 42.2 Å². The number of nitrogen functional groups attached to an aromatic ring is 2. The molecule has 0 aromatic carbocycles. The average Bonchev–Trinajstić information content (AvgIpc) is 1.56. The number of esters is 2. The van der Waals surface area contributed by atoms with Crippen molar-refractivity contribution >= 4 is 122 Å². The number of nitrogens with one attached hydrogen (secondary N) is 2. The van der Waals surface area contributed by atoms with Crippen LogP contribution in [-0.2, 0) is 66.4 Å². The maximum absolute atomic E-state index is 12.1. The summed E-state index contributed by atoms with van der Waals surface area (Å²) in [5.41, 5.74) is 21.2. The Morgan fingerprint density at radius 2 is 0.958 bits per heavy atom. The van der Waals surface area contributed by atoms with Crippen LogP contribution >= 0.6 is 35.0 Å². The maximum atomic E-state index is 12.1. The number of hydrogen-bond acceptors (Lipinski definition) is 35. The van der Waals surface area contributed by atoms with Crippen molar-refractivity contribution in [1.82, 2.24) is 48.5 Å². The number of aliphatic hydroxyl groups excluding tert-OH is 5. The zero-order valence-electron chi connectivity index (χ0n) is 68.2. The molecular weight excluding hydrogens is 1690 g/mol. The van der Waals surface area contributed by atoms with Crippen molar-refractivity contribution in [3.05, 3.63) is 131 Å². The molecule has 9 aliphatic heterocycles. The first-order valence-electron chi connectivity index (χ1n) is 36.8. The molecule has 12 N–H and O–H groups in total. The molecule has 8 aromatic rings. The van der Waals surface area contributed by atoms with Gasteiger partial charge in [0.1, 0.15) is 143 Å². The van der Waals surface area contributed by atoms with Crippen LogP contribution in [0.1, 0.15) is 147 Å². The summed E-state index contributed by atoms with van der Waals surface area (Å²) in [6, 6.07) is 11.0. The Morgan fingerprint density at radius 1 is 0.585 bits per heavy atom. The van der Waals surface area contributed by atoms with E-state index in [0.717, 1.165) is 33.0 Å². The molecule has 8 aromatic heterocycles. The number of carbonyl (C=O) groups is 2. The van der Waals surface area contributed by atoms with E-state index in [4.69, 9.17) is 68.7 Å². The van der Waals surface area contributed by atoms with Crippen molar-refractivity contribution in [1.29, 1.82) is 0 Å². The summed E-state index contributed by atoms with van der Waals surface area (Å²) >= 11 is 2.20. The summed E-state index contributed by atoms with van der Waals surface area (Å²) in [6.45, 7) is 27.4. The van der Waals surface area contributed by atoms with Crippen LogP contribution in [0, 0.1) is 17.4 Å². The normalized spacial score (nSPS) is 29.6. The van der Waals surface area contributed by atoms with E-state index in [1.54, 1.807) is 65.7 Å². The summed E-state index contributed by atoms with van der Waals surface area (Å²) in [7, 11) is 3.40. The van der Waals surface area contributed by atoms with E-state index in [1.807, 2.05) is 85.2 Å². The molecule has 7 fully saturated rings. The predicted molar refractivity (Wildman–Crippen MR) is 430 cm³/mol. The molecule has 0 amide bonds. The van der Waals surface area contributed by atoms with Gasteiger partial charge >= 0.3 is 41.5 Å².